The first-order chi connectivity index (χ1) is 16.4. The van der Waals surface area contributed by atoms with Crippen molar-refractivity contribution in [1.82, 2.24) is 4.57 Å². The van der Waals surface area contributed by atoms with E-state index in [2.05, 4.69) is 0 Å². The third kappa shape index (κ3) is 3.06. The van der Waals surface area contributed by atoms with Gasteiger partial charge < -0.3 is 14.4 Å². The Morgan fingerprint density at radius 1 is 1.06 bits per heavy atom. The van der Waals surface area contributed by atoms with Crippen LogP contribution in [0, 0.1) is 0 Å². The number of aromatic nitrogens is 1. The molecular formula is C27H18ClNO5. The summed E-state index contributed by atoms with van der Waals surface area (Å²) in [6.07, 6.45) is 0.657. The summed E-state index contributed by atoms with van der Waals surface area (Å²) in [6.45, 7) is 0.563. The van der Waals surface area contributed by atoms with E-state index in [0.717, 1.165) is 22.9 Å². The van der Waals surface area contributed by atoms with Crippen molar-refractivity contribution in [2.45, 2.75) is 25.3 Å². The normalized spacial score (nSPS) is 16.4. The van der Waals surface area contributed by atoms with Gasteiger partial charge in [0.15, 0.2) is 5.78 Å². The van der Waals surface area contributed by atoms with Gasteiger partial charge in [-0.2, -0.15) is 0 Å². The number of para-hydroxylation sites is 1. The lowest BCUT2D eigenvalue weighted by molar-refractivity contribution is -0.135. The first-order valence-electron chi connectivity index (χ1n) is 10.9. The van der Waals surface area contributed by atoms with Crippen LogP contribution in [0.1, 0.15) is 45.0 Å². The van der Waals surface area contributed by atoms with Crippen molar-refractivity contribution in [3.05, 3.63) is 104 Å². The second kappa shape index (κ2) is 7.57. The van der Waals surface area contributed by atoms with Gasteiger partial charge in [-0.25, -0.2) is 0 Å². The molecule has 1 aromatic heterocycles. The van der Waals surface area contributed by atoms with Crippen molar-refractivity contribution in [3.8, 4) is 11.5 Å². The highest BCUT2D eigenvalue weighted by Crippen LogP contribution is 2.45. The highest BCUT2D eigenvalue weighted by Gasteiger charge is 2.35. The maximum atomic E-state index is 13.5. The lowest BCUT2D eigenvalue weighted by atomic mass is 9.84. The Morgan fingerprint density at radius 3 is 2.65 bits per heavy atom. The van der Waals surface area contributed by atoms with Gasteiger partial charge in [0.2, 0.25) is 0 Å². The summed E-state index contributed by atoms with van der Waals surface area (Å²) in [7, 11) is 0. The van der Waals surface area contributed by atoms with Crippen molar-refractivity contribution in [2.75, 3.05) is 0 Å². The Kier molecular flexibility index (Phi) is 4.61. The zero-order valence-corrected chi connectivity index (χ0v) is 18.6. The molecule has 0 saturated heterocycles. The Bertz CT molecular complexity index is 1590. The lowest BCUT2D eigenvalue weighted by Gasteiger charge is -2.26. The molecule has 4 aromatic rings. The van der Waals surface area contributed by atoms with E-state index in [1.807, 2.05) is 18.2 Å². The van der Waals surface area contributed by atoms with Gasteiger partial charge in [0.25, 0.3) is 5.56 Å². The van der Waals surface area contributed by atoms with Gasteiger partial charge in [-0.1, -0.05) is 29.8 Å². The van der Waals surface area contributed by atoms with Gasteiger partial charge in [0, 0.05) is 34.2 Å². The van der Waals surface area contributed by atoms with Crippen LogP contribution < -0.4 is 10.3 Å². The first-order valence-corrected chi connectivity index (χ1v) is 11.3. The number of aryl methyl sites for hydroxylation is 2. The number of carbonyl (C=O) groups excluding carboxylic acids is 2. The number of ketones is 1. The fourth-order valence-corrected chi connectivity index (χ4v) is 5.22. The molecule has 7 heteroatoms. The molecule has 0 saturated carbocycles. The first kappa shape index (κ1) is 20.7. The fourth-order valence-electron chi connectivity index (χ4n) is 5.09. The summed E-state index contributed by atoms with van der Waals surface area (Å²) in [5.41, 5.74) is 2.92. The number of hydrogen-bond donors (Lipinski definition) is 1. The van der Waals surface area contributed by atoms with Crippen LogP contribution >= 0.6 is 11.6 Å². The number of nitrogens with zero attached hydrogens (tertiary/aromatic N) is 1. The smallest absolute Gasteiger partial charge is 0.312 e. The van der Waals surface area contributed by atoms with Crippen LogP contribution in [0.5, 0.6) is 11.5 Å². The molecule has 0 radical (unpaired) electrons. The number of benzene rings is 3. The molecule has 0 fully saturated rings. The number of ether oxygens (including phenoxy) is 1. The van der Waals surface area contributed by atoms with E-state index in [-0.39, 0.29) is 34.6 Å². The number of hydrogen-bond acceptors (Lipinski definition) is 5. The van der Waals surface area contributed by atoms with E-state index < -0.39 is 17.7 Å². The molecule has 2 aliphatic heterocycles. The van der Waals surface area contributed by atoms with Crippen molar-refractivity contribution in [2.24, 2.45) is 0 Å². The van der Waals surface area contributed by atoms with Crippen LogP contribution in [-0.2, 0) is 17.8 Å². The van der Waals surface area contributed by atoms with Crippen LogP contribution in [0.15, 0.2) is 65.5 Å². The number of pyridine rings is 1. The van der Waals surface area contributed by atoms with E-state index in [4.69, 9.17) is 16.3 Å². The minimum Gasteiger partial charge on any atom is -0.507 e. The standard InChI is InChI=1S/C27H18ClNO5/c28-17-6-4-15(5-7-17)25(31)18-8-9-21-23(26(18)32)19(13-22(30)34-21)20-12-16-3-1-2-14-10-11-29(24(14)16)27(20)33/h1-9,12,19,32H,10-11,13H2/t19-/m1/s1. The van der Waals surface area contributed by atoms with E-state index in [9.17, 15) is 19.5 Å². The maximum Gasteiger partial charge on any atom is 0.312 e. The largest absolute Gasteiger partial charge is 0.507 e. The Hall–Kier alpha value is -3.90. The predicted molar refractivity (Wildman–Crippen MR) is 127 cm³/mol. The number of esters is 1. The van der Waals surface area contributed by atoms with Crippen LogP contribution in [0.4, 0.5) is 0 Å². The minimum absolute atomic E-state index is 0.0664. The number of phenols is 1. The van der Waals surface area contributed by atoms with E-state index in [1.165, 1.54) is 12.1 Å². The molecule has 0 amide bonds. The Morgan fingerprint density at radius 2 is 1.85 bits per heavy atom. The summed E-state index contributed by atoms with van der Waals surface area (Å²) < 4.78 is 7.11. The minimum atomic E-state index is -0.737. The van der Waals surface area contributed by atoms with Crippen LogP contribution in [0.25, 0.3) is 10.9 Å². The molecule has 6 rings (SSSR count). The van der Waals surface area contributed by atoms with E-state index >= 15 is 0 Å². The van der Waals surface area contributed by atoms with Gasteiger partial charge in [-0.15, -0.1) is 0 Å². The highest BCUT2D eigenvalue weighted by atomic mass is 35.5. The molecule has 2 aliphatic rings. The third-order valence-electron chi connectivity index (χ3n) is 6.68. The molecule has 3 heterocycles. The number of halogens is 1. The molecule has 168 valence electrons. The van der Waals surface area contributed by atoms with Gasteiger partial charge in [-0.3, -0.25) is 14.4 Å². The van der Waals surface area contributed by atoms with E-state index in [0.29, 0.717) is 22.7 Å². The van der Waals surface area contributed by atoms with Crippen LogP contribution in [-0.4, -0.2) is 21.4 Å². The van der Waals surface area contributed by atoms with Crippen LogP contribution in [0.3, 0.4) is 0 Å². The van der Waals surface area contributed by atoms with Gasteiger partial charge in [0.05, 0.1) is 17.5 Å². The van der Waals surface area contributed by atoms with Crippen molar-refractivity contribution in [3.63, 3.8) is 0 Å². The Labute approximate surface area is 199 Å². The number of aromatic hydroxyl groups is 1. The zero-order chi connectivity index (χ0) is 23.6. The number of phenolic OH excluding ortho intramolecular Hbond substituents is 1. The predicted octanol–water partition coefficient (Wildman–Crippen LogP) is 4.59. The number of fused-ring (bicyclic) bond motifs is 1. The molecule has 1 atom stereocenters. The van der Waals surface area contributed by atoms with Crippen molar-refractivity contribution < 1.29 is 19.4 Å². The monoisotopic (exact) mass is 471 g/mol. The molecule has 0 spiro atoms. The van der Waals surface area contributed by atoms with E-state index in [1.54, 1.807) is 34.9 Å². The average Bonchev–Trinajstić information content (AvgIpc) is 3.27. The summed E-state index contributed by atoms with van der Waals surface area (Å²) in [4.78, 5) is 39.1. The fraction of sp³-hybridized carbons (Fsp3) is 0.148. The average molecular weight is 472 g/mol. The zero-order valence-electron chi connectivity index (χ0n) is 17.9. The summed E-state index contributed by atoms with van der Waals surface area (Å²) in [5.74, 6) is -1.76. The summed E-state index contributed by atoms with van der Waals surface area (Å²) in [5, 5.41) is 12.6. The van der Waals surface area contributed by atoms with Gasteiger partial charge in [0.1, 0.15) is 11.5 Å². The second-order valence-corrected chi connectivity index (χ2v) is 9.04. The summed E-state index contributed by atoms with van der Waals surface area (Å²) in [6, 6.07) is 17.0. The SMILES string of the molecule is O=C1C[C@H](c2cc3cccc4c3n(c2=O)CC4)c2c(ccc(C(=O)c3ccc(Cl)cc3)c2O)O1. The quantitative estimate of drug-likeness (QED) is 0.268. The number of rotatable bonds is 3. The molecule has 1 N–H and O–H groups in total. The second-order valence-electron chi connectivity index (χ2n) is 8.60. The summed E-state index contributed by atoms with van der Waals surface area (Å²) >= 11 is 5.93. The topological polar surface area (TPSA) is 85.6 Å². The van der Waals surface area contributed by atoms with Gasteiger partial charge in [-0.05, 0) is 59.8 Å². The van der Waals surface area contributed by atoms with Crippen molar-refractivity contribution in [1.29, 1.82) is 0 Å². The van der Waals surface area contributed by atoms with Crippen molar-refractivity contribution >= 4 is 34.3 Å². The molecule has 0 unspecified atom stereocenters. The molecular weight excluding hydrogens is 454 g/mol. The third-order valence-corrected chi connectivity index (χ3v) is 6.93. The van der Waals surface area contributed by atoms with Gasteiger partial charge >= 0.3 is 5.97 Å². The number of carbonyl (C=O) groups is 2. The maximum absolute atomic E-state index is 13.5. The van der Waals surface area contributed by atoms with Crippen LogP contribution in [0.2, 0.25) is 5.02 Å². The molecule has 0 bridgehead atoms. The lowest BCUT2D eigenvalue weighted by Crippen LogP contribution is -2.29. The molecule has 3 aromatic carbocycles. The Balaban J connectivity index is 1.54. The molecule has 6 nitrogen and oxygen atoms in total. The molecule has 0 aliphatic carbocycles. The molecule has 34 heavy (non-hydrogen) atoms. The highest BCUT2D eigenvalue weighted by molar-refractivity contribution is 6.30.